The van der Waals surface area contributed by atoms with Crippen LogP contribution in [-0.2, 0) is 0 Å². The molecule has 0 N–H and O–H groups in total. The van der Waals surface area contributed by atoms with E-state index in [9.17, 15) is 4.39 Å². The second-order valence-corrected chi connectivity index (χ2v) is 4.80. The van der Waals surface area contributed by atoms with E-state index in [1.165, 1.54) is 6.07 Å². The highest BCUT2D eigenvalue weighted by Crippen LogP contribution is 2.36. The molecular weight excluding hydrogens is 227 g/mol. The van der Waals surface area contributed by atoms with Crippen LogP contribution in [0.1, 0.15) is 0 Å². The van der Waals surface area contributed by atoms with Gasteiger partial charge in [-0.2, -0.15) is 4.39 Å². The number of fused-ring (bicyclic) bond motifs is 1. The van der Waals surface area contributed by atoms with E-state index in [1.807, 2.05) is 18.4 Å². The number of hydrogen-bond acceptors (Lipinski definition) is 2. The van der Waals surface area contributed by atoms with Gasteiger partial charge >= 0.3 is 0 Å². The predicted molar refractivity (Wildman–Crippen MR) is 58.6 cm³/mol. The minimum absolute atomic E-state index is 0.160. The highest BCUT2D eigenvalue weighted by molar-refractivity contribution is 7.99. The van der Waals surface area contributed by atoms with Crippen LogP contribution >= 0.6 is 34.7 Å². The molecule has 0 nitrogen and oxygen atoms in total. The Hall–Kier alpha value is -0.250. The summed E-state index contributed by atoms with van der Waals surface area (Å²) in [6.45, 7) is 0. The summed E-state index contributed by atoms with van der Waals surface area (Å²) in [7, 11) is 0. The van der Waals surface area contributed by atoms with Crippen LogP contribution in [0.5, 0.6) is 0 Å². The van der Waals surface area contributed by atoms with Crippen molar-refractivity contribution in [2.45, 2.75) is 4.90 Å². The molecule has 1 aromatic heterocycles. The van der Waals surface area contributed by atoms with E-state index in [2.05, 4.69) is 0 Å². The van der Waals surface area contributed by atoms with E-state index in [-0.39, 0.29) is 5.13 Å². The zero-order valence-electron chi connectivity index (χ0n) is 6.80. The van der Waals surface area contributed by atoms with Crippen LogP contribution in [0.25, 0.3) is 10.1 Å². The van der Waals surface area contributed by atoms with Gasteiger partial charge in [0.05, 0.1) is 5.02 Å². The van der Waals surface area contributed by atoms with Crippen molar-refractivity contribution in [3.05, 3.63) is 28.4 Å². The number of hydrogen-bond donors (Lipinski definition) is 0. The molecule has 0 fully saturated rings. The van der Waals surface area contributed by atoms with Crippen molar-refractivity contribution in [3.8, 4) is 0 Å². The summed E-state index contributed by atoms with van der Waals surface area (Å²) in [4.78, 5) is 0.958. The first kappa shape index (κ1) is 9.31. The molecule has 1 heterocycles. The van der Waals surface area contributed by atoms with E-state index in [1.54, 1.807) is 11.8 Å². The van der Waals surface area contributed by atoms with Gasteiger partial charge in [0.1, 0.15) is 0 Å². The quantitative estimate of drug-likeness (QED) is 0.656. The minimum atomic E-state index is -0.160. The second-order valence-electron chi connectivity index (χ2n) is 2.54. The fraction of sp³-hybridized carbons (Fsp3) is 0.111. The molecule has 0 aliphatic rings. The summed E-state index contributed by atoms with van der Waals surface area (Å²) in [5, 5.41) is 1.45. The van der Waals surface area contributed by atoms with Gasteiger partial charge in [0.2, 0.25) is 0 Å². The van der Waals surface area contributed by atoms with Crippen LogP contribution in [-0.4, -0.2) is 6.26 Å². The van der Waals surface area contributed by atoms with Gasteiger partial charge in [-0.15, -0.1) is 23.1 Å². The first-order chi connectivity index (χ1) is 6.22. The first-order valence-electron chi connectivity index (χ1n) is 3.64. The van der Waals surface area contributed by atoms with Crippen molar-refractivity contribution in [3.63, 3.8) is 0 Å². The van der Waals surface area contributed by atoms with E-state index >= 15 is 0 Å². The highest BCUT2D eigenvalue weighted by atomic mass is 35.5. The van der Waals surface area contributed by atoms with Crippen molar-refractivity contribution < 1.29 is 4.39 Å². The summed E-state index contributed by atoms with van der Waals surface area (Å²) in [5.74, 6) is 0. The molecule has 0 spiro atoms. The van der Waals surface area contributed by atoms with Crippen LogP contribution in [0.4, 0.5) is 4.39 Å². The van der Waals surface area contributed by atoms with Gasteiger partial charge < -0.3 is 0 Å². The Morgan fingerprint density at radius 3 is 2.92 bits per heavy atom. The third kappa shape index (κ3) is 1.56. The van der Waals surface area contributed by atoms with Gasteiger partial charge in [-0.05, 0) is 24.5 Å². The second kappa shape index (κ2) is 3.48. The van der Waals surface area contributed by atoms with Crippen LogP contribution < -0.4 is 0 Å². The van der Waals surface area contributed by atoms with Gasteiger partial charge in [0, 0.05) is 15.0 Å². The van der Waals surface area contributed by atoms with E-state index < -0.39 is 0 Å². The Bertz CT molecular complexity index is 450. The van der Waals surface area contributed by atoms with Crippen molar-refractivity contribution in [2.24, 2.45) is 0 Å². The van der Waals surface area contributed by atoms with Crippen molar-refractivity contribution in [1.82, 2.24) is 0 Å². The van der Waals surface area contributed by atoms with Crippen molar-refractivity contribution in [1.29, 1.82) is 0 Å². The van der Waals surface area contributed by atoms with Gasteiger partial charge in [0.25, 0.3) is 0 Å². The van der Waals surface area contributed by atoms with Gasteiger partial charge in [0.15, 0.2) is 5.13 Å². The van der Waals surface area contributed by atoms with Crippen LogP contribution in [0, 0.1) is 5.13 Å². The molecule has 0 atom stereocenters. The van der Waals surface area contributed by atoms with Crippen molar-refractivity contribution >= 4 is 44.8 Å². The molecule has 2 rings (SSSR count). The van der Waals surface area contributed by atoms with E-state index in [4.69, 9.17) is 11.6 Å². The molecule has 68 valence electrons. The zero-order valence-corrected chi connectivity index (χ0v) is 9.19. The molecule has 0 unspecified atom stereocenters. The lowest BCUT2D eigenvalue weighted by Crippen LogP contribution is -1.73. The maximum absolute atomic E-state index is 12.9. The highest BCUT2D eigenvalue weighted by Gasteiger charge is 2.08. The first-order valence-corrected chi connectivity index (χ1v) is 6.06. The number of rotatable bonds is 1. The number of halogens is 2. The maximum atomic E-state index is 12.9. The third-order valence-corrected chi connectivity index (χ3v) is 3.94. The number of benzene rings is 1. The molecule has 0 saturated heterocycles. The summed E-state index contributed by atoms with van der Waals surface area (Å²) in [6.07, 6.45) is 1.94. The van der Waals surface area contributed by atoms with E-state index in [0.29, 0.717) is 5.02 Å². The molecule has 0 radical (unpaired) electrons. The van der Waals surface area contributed by atoms with Gasteiger partial charge in [-0.1, -0.05) is 11.6 Å². The molecule has 0 bridgehead atoms. The Morgan fingerprint density at radius 1 is 1.46 bits per heavy atom. The molecule has 0 aliphatic heterocycles. The zero-order chi connectivity index (χ0) is 9.42. The SMILES string of the molecule is CSc1c(Cl)ccc2sc(F)cc12. The molecule has 0 saturated carbocycles. The Balaban J connectivity index is 2.82. The summed E-state index contributed by atoms with van der Waals surface area (Å²) >= 11 is 8.67. The monoisotopic (exact) mass is 232 g/mol. The summed E-state index contributed by atoms with van der Waals surface area (Å²) in [6, 6.07) is 5.20. The minimum Gasteiger partial charge on any atom is -0.195 e. The normalized spacial score (nSPS) is 11.0. The average Bonchev–Trinajstić information content (AvgIpc) is 2.45. The van der Waals surface area contributed by atoms with Gasteiger partial charge in [-0.3, -0.25) is 0 Å². The predicted octanol–water partition coefficient (Wildman–Crippen LogP) is 4.42. The van der Waals surface area contributed by atoms with Crippen LogP contribution in [0.2, 0.25) is 5.02 Å². The molecule has 1 aromatic carbocycles. The molecule has 0 amide bonds. The fourth-order valence-corrected chi connectivity index (χ4v) is 3.14. The Kier molecular flexibility index (Phi) is 2.49. The molecule has 2 aromatic rings. The van der Waals surface area contributed by atoms with Gasteiger partial charge in [-0.25, -0.2) is 0 Å². The number of thiophene rings is 1. The topological polar surface area (TPSA) is 0 Å². The molecule has 13 heavy (non-hydrogen) atoms. The molecule has 0 aliphatic carbocycles. The standard InChI is InChI=1S/C9H6ClFS2/c1-12-9-5-4-8(11)13-7(5)3-2-6(9)10/h2-4H,1H3. The third-order valence-electron chi connectivity index (χ3n) is 1.78. The van der Waals surface area contributed by atoms with Crippen LogP contribution in [0.3, 0.4) is 0 Å². The lowest BCUT2D eigenvalue weighted by molar-refractivity contribution is 0.658. The Morgan fingerprint density at radius 2 is 2.23 bits per heavy atom. The number of thioether (sulfide) groups is 1. The summed E-state index contributed by atoms with van der Waals surface area (Å²) in [5.41, 5.74) is 0. The van der Waals surface area contributed by atoms with Crippen molar-refractivity contribution in [2.75, 3.05) is 6.26 Å². The average molecular weight is 233 g/mol. The lowest BCUT2D eigenvalue weighted by Gasteiger charge is -2.00. The smallest absolute Gasteiger partial charge is 0.177 e. The maximum Gasteiger partial charge on any atom is 0.177 e. The summed E-state index contributed by atoms with van der Waals surface area (Å²) < 4.78 is 13.9. The lowest BCUT2D eigenvalue weighted by atomic mass is 10.3. The Labute approximate surface area is 88.7 Å². The fourth-order valence-electron chi connectivity index (χ4n) is 1.24. The largest absolute Gasteiger partial charge is 0.195 e. The molecular formula is C9H6ClFS2. The van der Waals surface area contributed by atoms with E-state index in [0.717, 1.165) is 26.3 Å². The van der Waals surface area contributed by atoms with Crippen LogP contribution in [0.15, 0.2) is 23.1 Å². The molecule has 4 heteroatoms.